The fourth-order valence-electron chi connectivity index (χ4n) is 5.00. The number of fused-ring (bicyclic) bond motifs is 1. The van der Waals surface area contributed by atoms with Crippen LogP contribution in [0.4, 0.5) is 13.2 Å². The molecule has 0 atom stereocenters. The van der Waals surface area contributed by atoms with E-state index in [0.29, 0.717) is 30.5 Å². The number of amides is 1. The van der Waals surface area contributed by atoms with Crippen LogP contribution < -0.4 is 0 Å². The van der Waals surface area contributed by atoms with Crippen LogP contribution >= 0.6 is 0 Å². The SMILES string of the molecule is O=CN1CCC(C#Cc2ccc(C3CCN(C4=Nn5c(nnc5C(F)(F)F)CC4)CC3)cc2)CC1. The van der Waals surface area contributed by atoms with E-state index in [1.54, 1.807) is 4.90 Å². The van der Waals surface area contributed by atoms with Crippen molar-refractivity contribution in [2.75, 3.05) is 26.2 Å². The number of halogens is 3. The fraction of sp³-hybridized carbons (Fsp3) is 0.520. The molecule has 1 aromatic heterocycles. The third-order valence-corrected chi connectivity index (χ3v) is 7.09. The van der Waals surface area contributed by atoms with Crippen molar-refractivity contribution in [1.82, 2.24) is 24.7 Å². The number of likely N-dealkylation sites (tertiary alicyclic amines) is 2. The molecule has 2 saturated heterocycles. The predicted molar refractivity (Wildman–Crippen MR) is 123 cm³/mol. The van der Waals surface area contributed by atoms with Gasteiger partial charge in [-0.3, -0.25) is 4.79 Å². The molecule has 0 radical (unpaired) electrons. The summed E-state index contributed by atoms with van der Waals surface area (Å²) in [5.41, 5.74) is 2.26. The number of piperidine rings is 2. The number of nitrogens with zero attached hydrogens (tertiary/aromatic N) is 6. The number of aromatic nitrogens is 3. The molecule has 4 heterocycles. The molecule has 0 saturated carbocycles. The summed E-state index contributed by atoms with van der Waals surface area (Å²) in [5.74, 6) is 7.23. The third-order valence-electron chi connectivity index (χ3n) is 7.09. The first kappa shape index (κ1) is 23.4. The summed E-state index contributed by atoms with van der Waals surface area (Å²) in [6, 6.07) is 8.40. The third kappa shape index (κ3) is 5.19. The molecule has 2 fully saturated rings. The van der Waals surface area contributed by atoms with Crippen molar-refractivity contribution >= 4 is 12.2 Å². The molecule has 10 heteroatoms. The topological polar surface area (TPSA) is 66.6 Å². The van der Waals surface area contributed by atoms with Crippen molar-refractivity contribution < 1.29 is 18.0 Å². The maximum absolute atomic E-state index is 13.2. The second-order valence-corrected chi connectivity index (χ2v) is 9.33. The largest absolute Gasteiger partial charge is 0.453 e. The molecular formula is C25H27F3N6O. The Balaban J connectivity index is 1.17. The molecule has 2 aromatic rings. The number of carbonyl (C=O) groups excluding carboxylic acids is 1. The second-order valence-electron chi connectivity index (χ2n) is 9.33. The number of benzene rings is 1. The van der Waals surface area contributed by atoms with Crippen LogP contribution in [0.5, 0.6) is 0 Å². The van der Waals surface area contributed by atoms with E-state index in [1.807, 2.05) is 0 Å². The summed E-state index contributed by atoms with van der Waals surface area (Å²) in [4.78, 5) is 14.7. The van der Waals surface area contributed by atoms with Crippen LogP contribution in [0.1, 0.15) is 60.8 Å². The van der Waals surface area contributed by atoms with E-state index in [4.69, 9.17) is 0 Å². The van der Waals surface area contributed by atoms with Gasteiger partial charge in [-0.2, -0.15) is 22.9 Å². The van der Waals surface area contributed by atoms with E-state index >= 15 is 0 Å². The first-order valence-electron chi connectivity index (χ1n) is 12.1. The van der Waals surface area contributed by atoms with Crippen LogP contribution in [-0.2, 0) is 17.4 Å². The summed E-state index contributed by atoms with van der Waals surface area (Å²) >= 11 is 0. The highest BCUT2D eigenvalue weighted by atomic mass is 19.4. The van der Waals surface area contributed by atoms with Gasteiger partial charge in [-0.1, -0.05) is 24.0 Å². The van der Waals surface area contributed by atoms with Gasteiger partial charge in [0, 0.05) is 50.5 Å². The molecule has 7 nitrogen and oxygen atoms in total. The molecular weight excluding hydrogens is 457 g/mol. The Hall–Kier alpha value is -3.35. The Kier molecular flexibility index (Phi) is 6.50. The molecule has 1 aromatic carbocycles. The van der Waals surface area contributed by atoms with Gasteiger partial charge in [0.2, 0.25) is 6.41 Å². The lowest BCUT2D eigenvalue weighted by Crippen LogP contribution is -2.40. The summed E-state index contributed by atoms with van der Waals surface area (Å²) in [6.07, 6.45) is 0.984. The van der Waals surface area contributed by atoms with Gasteiger partial charge in [-0.05, 0) is 49.3 Å². The Morgan fingerprint density at radius 2 is 1.66 bits per heavy atom. The first-order chi connectivity index (χ1) is 16.9. The number of carbonyl (C=O) groups is 1. The Labute approximate surface area is 202 Å². The standard InChI is InChI=1S/C25H27F3N6O/c26-25(27,28)24-30-29-22-7-8-23(31-34(22)24)33-15-11-21(12-16-33)20-5-3-18(4-6-20)1-2-19-9-13-32(17-35)14-10-19/h3-6,17,19,21H,7-16H2. The van der Waals surface area contributed by atoms with Crippen molar-refractivity contribution in [2.45, 2.75) is 50.6 Å². The zero-order valence-corrected chi connectivity index (χ0v) is 19.3. The minimum Gasteiger partial charge on any atom is -0.359 e. The number of aryl methyl sites for hydroxylation is 1. The highest BCUT2D eigenvalue weighted by Crippen LogP contribution is 2.32. The number of alkyl halides is 3. The van der Waals surface area contributed by atoms with Crippen LogP contribution in [-0.4, -0.2) is 63.1 Å². The molecule has 3 aliphatic rings. The van der Waals surface area contributed by atoms with Gasteiger partial charge >= 0.3 is 6.18 Å². The molecule has 184 valence electrons. The Morgan fingerprint density at radius 1 is 0.943 bits per heavy atom. The summed E-state index contributed by atoms with van der Waals surface area (Å²) < 4.78 is 40.4. The molecule has 5 rings (SSSR count). The summed E-state index contributed by atoms with van der Waals surface area (Å²) in [5, 5.41) is 11.2. The molecule has 0 spiro atoms. The smallest absolute Gasteiger partial charge is 0.359 e. The van der Waals surface area contributed by atoms with Crippen LogP contribution in [0.15, 0.2) is 29.4 Å². The van der Waals surface area contributed by atoms with Crippen molar-refractivity contribution in [1.29, 1.82) is 0 Å². The Morgan fingerprint density at radius 3 is 2.31 bits per heavy atom. The van der Waals surface area contributed by atoms with E-state index in [-0.39, 0.29) is 5.82 Å². The van der Waals surface area contributed by atoms with Crippen molar-refractivity contribution in [2.24, 2.45) is 11.0 Å². The van der Waals surface area contributed by atoms with E-state index in [9.17, 15) is 18.0 Å². The van der Waals surface area contributed by atoms with Crippen molar-refractivity contribution in [3.63, 3.8) is 0 Å². The van der Waals surface area contributed by atoms with Crippen molar-refractivity contribution in [3.05, 3.63) is 47.0 Å². The normalized spacial score (nSPS) is 19.6. The molecule has 0 bridgehead atoms. The highest BCUT2D eigenvalue weighted by molar-refractivity contribution is 5.83. The van der Waals surface area contributed by atoms with Gasteiger partial charge in [-0.25, -0.2) is 0 Å². The van der Waals surface area contributed by atoms with Crippen LogP contribution in [0, 0.1) is 17.8 Å². The maximum Gasteiger partial charge on any atom is 0.453 e. The van der Waals surface area contributed by atoms with Gasteiger partial charge in [0.1, 0.15) is 5.84 Å². The van der Waals surface area contributed by atoms with E-state index in [2.05, 4.69) is 56.3 Å². The van der Waals surface area contributed by atoms with Crippen LogP contribution in [0.3, 0.4) is 0 Å². The summed E-state index contributed by atoms with van der Waals surface area (Å²) in [6.45, 7) is 3.06. The molecule has 0 aliphatic carbocycles. The minimum absolute atomic E-state index is 0.255. The van der Waals surface area contributed by atoms with Gasteiger partial charge in [0.25, 0.3) is 5.82 Å². The monoisotopic (exact) mass is 484 g/mol. The zero-order valence-electron chi connectivity index (χ0n) is 19.3. The second kappa shape index (κ2) is 9.72. The average molecular weight is 485 g/mol. The first-order valence-corrected chi connectivity index (χ1v) is 12.1. The molecule has 0 unspecified atom stereocenters. The summed E-state index contributed by atoms with van der Waals surface area (Å²) in [7, 11) is 0. The Bertz CT molecular complexity index is 1140. The van der Waals surface area contributed by atoms with Gasteiger partial charge < -0.3 is 9.80 Å². The minimum atomic E-state index is -4.57. The molecule has 35 heavy (non-hydrogen) atoms. The van der Waals surface area contributed by atoms with E-state index in [0.717, 1.165) is 68.5 Å². The maximum atomic E-state index is 13.2. The predicted octanol–water partition coefficient (Wildman–Crippen LogP) is 3.50. The van der Waals surface area contributed by atoms with Crippen LogP contribution in [0.2, 0.25) is 0 Å². The quantitative estimate of drug-likeness (QED) is 0.484. The lowest BCUT2D eigenvalue weighted by Gasteiger charge is -2.35. The lowest BCUT2D eigenvalue weighted by molar-refractivity contribution is -0.147. The van der Waals surface area contributed by atoms with Gasteiger partial charge in [0.05, 0.1) is 0 Å². The number of hydrogen-bond acceptors (Lipinski definition) is 5. The highest BCUT2D eigenvalue weighted by Gasteiger charge is 2.40. The van der Waals surface area contributed by atoms with Crippen LogP contribution in [0.25, 0.3) is 0 Å². The fourth-order valence-corrected chi connectivity index (χ4v) is 5.00. The number of hydrogen-bond donors (Lipinski definition) is 0. The van der Waals surface area contributed by atoms with Crippen molar-refractivity contribution in [3.8, 4) is 11.8 Å². The van der Waals surface area contributed by atoms with E-state index in [1.165, 1.54) is 5.56 Å². The van der Waals surface area contributed by atoms with E-state index < -0.39 is 12.0 Å². The number of amidine groups is 1. The molecule has 1 amide bonds. The number of rotatable bonds is 2. The lowest BCUT2D eigenvalue weighted by atomic mass is 9.88. The van der Waals surface area contributed by atoms with Gasteiger partial charge in [0.15, 0.2) is 5.82 Å². The average Bonchev–Trinajstić information content (AvgIpc) is 3.32. The molecule has 3 aliphatic heterocycles. The zero-order chi connectivity index (χ0) is 24.4. The van der Waals surface area contributed by atoms with Gasteiger partial charge in [-0.15, -0.1) is 10.2 Å². The molecule has 0 N–H and O–H groups in total.